The van der Waals surface area contributed by atoms with Crippen molar-refractivity contribution >= 4 is 27.3 Å². The number of rotatable bonds is 4. The summed E-state index contributed by atoms with van der Waals surface area (Å²) in [5.74, 6) is -0.721. The van der Waals surface area contributed by atoms with Crippen molar-refractivity contribution in [2.24, 2.45) is 15.1 Å². The van der Waals surface area contributed by atoms with Gasteiger partial charge in [-0.3, -0.25) is 9.79 Å². The van der Waals surface area contributed by atoms with Crippen LogP contribution in [0.4, 0.5) is 10.2 Å². The third-order valence-corrected chi connectivity index (χ3v) is 9.96. The van der Waals surface area contributed by atoms with E-state index in [0.29, 0.717) is 19.4 Å². The number of fused-ring (bicyclic) bond motifs is 1. The lowest BCUT2D eigenvalue weighted by molar-refractivity contribution is 0.102. The third kappa shape index (κ3) is 3.62. The normalized spacial score (nSPS) is 28.2. The molecule has 3 N–H and O–H groups in total. The van der Waals surface area contributed by atoms with Gasteiger partial charge in [0.05, 0.1) is 34.5 Å². The average molecular weight is 476 g/mol. The van der Waals surface area contributed by atoms with Crippen LogP contribution in [0.5, 0.6) is 5.88 Å². The van der Waals surface area contributed by atoms with Crippen molar-refractivity contribution in [1.29, 1.82) is 0 Å². The van der Waals surface area contributed by atoms with Crippen LogP contribution in [-0.2, 0) is 15.3 Å². The maximum absolute atomic E-state index is 15.1. The lowest BCUT2D eigenvalue weighted by atomic mass is 9.89. The summed E-state index contributed by atoms with van der Waals surface area (Å²) < 4.78 is 37.6. The molecule has 0 spiro atoms. The minimum atomic E-state index is -2.87. The summed E-state index contributed by atoms with van der Waals surface area (Å²) in [6, 6.07) is 2.52. The number of anilines is 1. The van der Waals surface area contributed by atoms with Crippen LogP contribution >= 0.6 is 0 Å². The number of pyridine rings is 1. The molecule has 0 bridgehead atoms. The SMILES string of the molecule is COc1cnc(C(=O)Nc2ccc(F)c([C@@]3(C)N=C(N)C(C)(C)[S@@]4(=O)=NCCC[C@H]34)n2)cn1. The number of hydrogen-bond acceptors (Lipinski definition) is 9. The van der Waals surface area contributed by atoms with Crippen LogP contribution in [0.25, 0.3) is 0 Å². The van der Waals surface area contributed by atoms with Crippen LogP contribution in [0.15, 0.2) is 33.9 Å². The van der Waals surface area contributed by atoms with Gasteiger partial charge in [-0.15, -0.1) is 0 Å². The van der Waals surface area contributed by atoms with Crippen LogP contribution in [0.1, 0.15) is 49.8 Å². The maximum atomic E-state index is 15.1. The van der Waals surface area contributed by atoms with E-state index in [4.69, 9.17) is 10.5 Å². The molecule has 4 rings (SSSR count). The van der Waals surface area contributed by atoms with Gasteiger partial charge in [-0.25, -0.2) is 27.9 Å². The molecule has 0 unspecified atom stereocenters. The number of ether oxygens (including phenoxy) is 1. The summed E-state index contributed by atoms with van der Waals surface area (Å²) >= 11 is 0. The number of amidine groups is 1. The number of carbonyl (C=O) groups is 1. The van der Waals surface area contributed by atoms with E-state index in [1.165, 1.54) is 31.6 Å². The number of aliphatic imine (C=N–C) groups is 1. The zero-order valence-corrected chi connectivity index (χ0v) is 19.6. The standard InChI is InChI=1S/C21H26FN7O3S/c1-20(2)19(23)29-21(3,14-6-5-9-26-33(14,20)31)17-12(22)7-8-15(27-17)28-18(30)13-10-25-16(32-4)11-24-13/h7-8,10-11,14H,5-6,9H2,1-4H3,(H2,23,29)(H,27,28,30)/t14-,21+,33-/m1/s1. The van der Waals surface area contributed by atoms with Crippen molar-refractivity contribution in [3.63, 3.8) is 0 Å². The summed E-state index contributed by atoms with van der Waals surface area (Å²) in [5, 5.41) is 2.01. The summed E-state index contributed by atoms with van der Waals surface area (Å²) in [6.07, 6.45) is 3.81. The molecule has 0 saturated heterocycles. The van der Waals surface area contributed by atoms with Crippen molar-refractivity contribution in [3.8, 4) is 5.88 Å². The zero-order chi connectivity index (χ0) is 24.0. The van der Waals surface area contributed by atoms with Crippen LogP contribution in [-0.4, -0.2) is 54.6 Å². The van der Waals surface area contributed by atoms with Gasteiger partial charge >= 0.3 is 0 Å². The Bertz CT molecular complexity index is 1260. The molecule has 2 aromatic heterocycles. The van der Waals surface area contributed by atoms with Gasteiger partial charge in [-0.1, -0.05) is 0 Å². The Hall–Kier alpha value is -3.15. The van der Waals surface area contributed by atoms with Crippen LogP contribution in [0.3, 0.4) is 0 Å². The number of halogens is 1. The number of methoxy groups -OCH3 is 1. The third-order valence-electron chi connectivity index (χ3n) is 6.26. The quantitative estimate of drug-likeness (QED) is 0.690. The Morgan fingerprint density at radius 1 is 1.27 bits per heavy atom. The number of aromatic nitrogens is 3. The number of carbonyl (C=O) groups excluding carboxylic acids is 1. The molecule has 2 aliphatic rings. The van der Waals surface area contributed by atoms with Crippen LogP contribution < -0.4 is 15.8 Å². The number of nitrogens with one attached hydrogen (secondary N) is 1. The van der Waals surface area contributed by atoms with Crippen molar-refractivity contribution in [2.45, 2.75) is 49.1 Å². The van der Waals surface area contributed by atoms with Gasteiger partial charge < -0.3 is 15.8 Å². The van der Waals surface area contributed by atoms with Gasteiger partial charge in [0.15, 0.2) is 0 Å². The van der Waals surface area contributed by atoms with Crippen molar-refractivity contribution in [1.82, 2.24) is 15.0 Å². The maximum Gasteiger partial charge on any atom is 0.277 e. The highest BCUT2D eigenvalue weighted by molar-refractivity contribution is 7.96. The Kier molecular flexibility index (Phi) is 5.59. The first kappa shape index (κ1) is 23.0. The van der Waals surface area contributed by atoms with E-state index in [9.17, 15) is 9.00 Å². The van der Waals surface area contributed by atoms with Crippen LogP contribution in [0.2, 0.25) is 0 Å². The molecule has 0 radical (unpaired) electrons. The smallest absolute Gasteiger partial charge is 0.277 e. The van der Waals surface area contributed by atoms with Crippen molar-refractivity contribution in [2.75, 3.05) is 19.0 Å². The Balaban J connectivity index is 1.75. The molecule has 1 amide bonds. The molecule has 33 heavy (non-hydrogen) atoms. The van der Waals surface area contributed by atoms with Gasteiger partial charge in [0.1, 0.15) is 39.1 Å². The van der Waals surface area contributed by atoms with Crippen molar-refractivity contribution < 1.29 is 18.1 Å². The summed E-state index contributed by atoms with van der Waals surface area (Å²) in [6.45, 7) is 5.64. The molecule has 2 aromatic rings. The molecule has 0 aliphatic carbocycles. The van der Waals surface area contributed by atoms with Gasteiger partial charge in [-0.2, -0.15) is 0 Å². The zero-order valence-electron chi connectivity index (χ0n) is 18.8. The molecule has 12 heteroatoms. The van der Waals surface area contributed by atoms with E-state index in [1.807, 2.05) is 0 Å². The van der Waals surface area contributed by atoms with Crippen LogP contribution in [0, 0.1) is 5.82 Å². The lowest BCUT2D eigenvalue weighted by Gasteiger charge is -2.47. The second-order valence-corrected chi connectivity index (χ2v) is 11.6. The van der Waals surface area contributed by atoms with E-state index in [0.717, 1.165) is 0 Å². The topological polar surface area (TPSA) is 145 Å². The molecule has 4 heterocycles. The van der Waals surface area contributed by atoms with Gasteiger partial charge in [0, 0.05) is 6.54 Å². The fraction of sp³-hybridized carbons (Fsp3) is 0.476. The second-order valence-electron chi connectivity index (χ2n) is 8.63. The minimum Gasteiger partial charge on any atom is -0.480 e. The fourth-order valence-electron chi connectivity index (χ4n) is 4.23. The fourth-order valence-corrected chi connectivity index (χ4v) is 7.47. The molecular formula is C21H26FN7O3S. The summed E-state index contributed by atoms with van der Waals surface area (Å²) in [4.78, 5) is 29.5. The minimum absolute atomic E-state index is 0.0328. The molecule has 0 fully saturated rings. The molecule has 10 nitrogen and oxygen atoms in total. The molecule has 0 saturated carbocycles. The van der Waals surface area contributed by atoms with E-state index in [-0.39, 0.29) is 28.9 Å². The largest absolute Gasteiger partial charge is 0.480 e. The van der Waals surface area contributed by atoms with E-state index in [1.54, 1.807) is 20.8 Å². The van der Waals surface area contributed by atoms with Gasteiger partial charge in [0.25, 0.3) is 5.91 Å². The predicted octanol–water partition coefficient (Wildman–Crippen LogP) is 2.27. The number of hydrogen-bond donors (Lipinski definition) is 2. The summed E-state index contributed by atoms with van der Waals surface area (Å²) in [5.41, 5.74) is 4.92. The van der Waals surface area contributed by atoms with Gasteiger partial charge in [0.2, 0.25) is 5.88 Å². The highest BCUT2D eigenvalue weighted by Gasteiger charge is 2.56. The van der Waals surface area contributed by atoms with Crippen molar-refractivity contribution in [3.05, 3.63) is 41.7 Å². The first-order valence-electron chi connectivity index (χ1n) is 10.4. The van der Waals surface area contributed by atoms with Gasteiger partial charge in [-0.05, 0) is 45.7 Å². The summed E-state index contributed by atoms with van der Waals surface area (Å²) in [7, 11) is -1.43. The highest BCUT2D eigenvalue weighted by Crippen LogP contribution is 2.46. The first-order valence-corrected chi connectivity index (χ1v) is 12.0. The Morgan fingerprint density at radius 3 is 2.70 bits per heavy atom. The van der Waals surface area contributed by atoms with E-state index >= 15 is 4.39 Å². The Labute approximate surface area is 191 Å². The molecule has 3 atom stereocenters. The number of nitrogens with zero attached hydrogens (tertiary/aromatic N) is 5. The molecule has 0 aromatic carbocycles. The lowest BCUT2D eigenvalue weighted by Crippen LogP contribution is -2.60. The Morgan fingerprint density at radius 2 is 2.03 bits per heavy atom. The van der Waals surface area contributed by atoms with E-state index in [2.05, 4.69) is 29.6 Å². The number of nitrogens with two attached hydrogens (primary N) is 1. The number of amides is 1. The average Bonchev–Trinajstić information content (AvgIpc) is 2.79. The first-order chi connectivity index (χ1) is 15.5. The highest BCUT2D eigenvalue weighted by atomic mass is 32.2. The molecule has 176 valence electrons. The monoisotopic (exact) mass is 475 g/mol. The molecular weight excluding hydrogens is 449 g/mol. The van der Waals surface area contributed by atoms with E-state index < -0.39 is 37.0 Å². The molecule has 2 aliphatic heterocycles. The predicted molar refractivity (Wildman–Crippen MR) is 122 cm³/mol. The second kappa shape index (κ2) is 8.01.